The van der Waals surface area contributed by atoms with Crippen LogP contribution in [0.2, 0.25) is 0 Å². The Bertz CT molecular complexity index is 1210. The molecule has 3 aromatic rings. The highest BCUT2D eigenvalue weighted by atomic mass is 16.5. The molecule has 0 radical (unpaired) electrons. The first-order valence-electron chi connectivity index (χ1n) is 12.2. The third-order valence-corrected chi connectivity index (χ3v) is 6.56. The van der Waals surface area contributed by atoms with Gasteiger partial charge in [-0.1, -0.05) is 35.9 Å². The number of carbonyl (C=O) groups is 1. The van der Waals surface area contributed by atoms with Crippen LogP contribution >= 0.6 is 0 Å². The number of nitrogen functional groups attached to an aromatic ring is 1. The van der Waals surface area contributed by atoms with Crippen molar-refractivity contribution in [1.82, 2.24) is 10.2 Å². The van der Waals surface area contributed by atoms with Crippen LogP contribution in [-0.2, 0) is 12.8 Å². The first-order chi connectivity index (χ1) is 16.9. The number of methoxy groups -OCH3 is 1. The highest BCUT2D eigenvalue weighted by Crippen LogP contribution is 2.42. The predicted octanol–water partition coefficient (Wildman–Crippen LogP) is 5.19. The van der Waals surface area contributed by atoms with E-state index < -0.39 is 0 Å². The fraction of sp³-hybridized carbons (Fsp3) is 0.345. The van der Waals surface area contributed by atoms with Crippen LogP contribution in [0.1, 0.15) is 46.3 Å². The van der Waals surface area contributed by atoms with E-state index in [2.05, 4.69) is 49.5 Å². The van der Waals surface area contributed by atoms with E-state index in [9.17, 15) is 4.79 Å². The normalized spacial score (nSPS) is 14.9. The summed E-state index contributed by atoms with van der Waals surface area (Å²) in [5.41, 5.74) is 13.5. The summed E-state index contributed by atoms with van der Waals surface area (Å²) in [6, 6.07) is 18.1. The number of fused-ring (bicyclic) bond motifs is 1. The number of nitrogens with one attached hydrogen (secondary N) is 1. The van der Waals surface area contributed by atoms with Crippen LogP contribution in [0.25, 0.3) is 0 Å². The molecule has 3 N–H and O–H groups in total. The quantitative estimate of drug-likeness (QED) is 0.463. The van der Waals surface area contributed by atoms with E-state index in [1.165, 1.54) is 11.1 Å². The standard InChI is InChI=1S/C29H35N3O3/c1-5-31-29(33)32-13-11-22-17-26(34-4)27(35-14-12-21-7-6-8-23(30)16-21)18-25(22)28(32)24-10-9-19(2)15-20(24)3/h6-10,15-18,28H,5,11-14,30H2,1-4H3,(H,31,33). The van der Waals surface area contributed by atoms with Crippen molar-refractivity contribution in [3.63, 3.8) is 0 Å². The fourth-order valence-corrected chi connectivity index (χ4v) is 4.87. The Kier molecular flexibility index (Phi) is 7.49. The van der Waals surface area contributed by atoms with Gasteiger partial charge < -0.3 is 25.4 Å². The van der Waals surface area contributed by atoms with Gasteiger partial charge in [-0.3, -0.25) is 0 Å². The Hall–Kier alpha value is -3.67. The molecule has 0 aromatic heterocycles. The van der Waals surface area contributed by atoms with Crippen molar-refractivity contribution in [2.24, 2.45) is 0 Å². The number of hydrogen-bond acceptors (Lipinski definition) is 4. The Labute approximate surface area is 208 Å². The molecule has 1 unspecified atom stereocenters. The molecule has 0 saturated heterocycles. The molecule has 1 heterocycles. The van der Waals surface area contributed by atoms with Crippen LogP contribution in [0.15, 0.2) is 54.6 Å². The lowest BCUT2D eigenvalue weighted by atomic mass is 9.85. The molecular formula is C29H35N3O3. The summed E-state index contributed by atoms with van der Waals surface area (Å²) in [6.07, 6.45) is 1.49. The lowest BCUT2D eigenvalue weighted by Gasteiger charge is -2.38. The Morgan fingerprint density at radius 3 is 2.63 bits per heavy atom. The zero-order valence-corrected chi connectivity index (χ0v) is 21.1. The zero-order chi connectivity index (χ0) is 24.9. The minimum atomic E-state index is -0.201. The molecule has 0 bridgehead atoms. The Balaban J connectivity index is 1.70. The number of hydrogen-bond donors (Lipinski definition) is 2. The van der Waals surface area contributed by atoms with Crippen LogP contribution < -0.4 is 20.5 Å². The summed E-state index contributed by atoms with van der Waals surface area (Å²) < 4.78 is 11.9. The summed E-state index contributed by atoms with van der Waals surface area (Å²) in [5.74, 6) is 1.39. The van der Waals surface area contributed by atoms with Gasteiger partial charge in [0.15, 0.2) is 11.5 Å². The number of rotatable bonds is 7. The van der Waals surface area contributed by atoms with E-state index in [0.29, 0.717) is 31.2 Å². The second kappa shape index (κ2) is 10.7. The van der Waals surface area contributed by atoms with Crippen molar-refractivity contribution in [2.45, 2.75) is 39.7 Å². The second-order valence-corrected chi connectivity index (χ2v) is 9.09. The van der Waals surface area contributed by atoms with Gasteiger partial charge in [-0.25, -0.2) is 4.79 Å². The maximum atomic E-state index is 13.1. The van der Waals surface area contributed by atoms with E-state index >= 15 is 0 Å². The number of anilines is 1. The van der Waals surface area contributed by atoms with Crippen LogP contribution in [0.3, 0.4) is 0 Å². The number of amides is 2. The minimum absolute atomic E-state index is 0.0527. The smallest absolute Gasteiger partial charge is 0.318 e. The molecule has 4 rings (SSSR count). The van der Waals surface area contributed by atoms with Crippen LogP contribution in [0.5, 0.6) is 11.5 Å². The van der Waals surface area contributed by atoms with Crippen molar-refractivity contribution in [1.29, 1.82) is 0 Å². The third kappa shape index (κ3) is 5.37. The van der Waals surface area contributed by atoms with Gasteiger partial charge >= 0.3 is 6.03 Å². The lowest BCUT2D eigenvalue weighted by Crippen LogP contribution is -2.46. The van der Waals surface area contributed by atoms with Gasteiger partial charge in [0.05, 0.1) is 19.8 Å². The van der Waals surface area contributed by atoms with Crippen molar-refractivity contribution in [2.75, 3.05) is 32.5 Å². The molecule has 184 valence electrons. The summed E-state index contributed by atoms with van der Waals surface area (Å²) in [6.45, 7) is 7.85. The van der Waals surface area contributed by atoms with E-state index in [4.69, 9.17) is 15.2 Å². The molecule has 1 aliphatic heterocycles. The van der Waals surface area contributed by atoms with Gasteiger partial charge in [0.25, 0.3) is 0 Å². The SMILES string of the molecule is CCNC(=O)N1CCc2cc(OC)c(OCCc3cccc(N)c3)cc2C1c1ccc(C)cc1C. The molecule has 6 heteroatoms. The molecule has 3 aromatic carbocycles. The number of ether oxygens (including phenoxy) is 2. The number of nitrogens with two attached hydrogens (primary N) is 1. The molecule has 0 saturated carbocycles. The van der Waals surface area contributed by atoms with E-state index in [1.54, 1.807) is 7.11 Å². The first kappa shape index (κ1) is 24.5. The number of carbonyl (C=O) groups excluding carboxylic acids is 1. The van der Waals surface area contributed by atoms with Crippen molar-refractivity contribution in [3.8, 4) is 11.5 Å². The largest absolute Gasteiger partial charge is 0.493 e. The fourth-order valence-electron chi connectivity index (χ4n) is 4.87. The van der Waals surface area contributed by atoms with Crippen LogP contribution in [0.4, 0.5) is 10.5 Å². The maximum Gasteiger partial charge on any atom is 0.318 e. The summed E-state index contributed by atoms with van der Waals surface area (Å²) in [4.78, 5) is 15.0. The summed E-state index contributed by atoms with van der Waals surface area (Å²) >= 11 is 0. The molecule has 1 atom stereocenters. The number of urea groups is 1. The van der Waals surface area contributed by atoms with Crippen LogP contribution in [-0.4, -0.2) is 37.7 Å². The van der Waals surface area contributed by atoms with Crippen molar-refractivity contribution < 1.29 is 14.3 Å². The average Bonchev–Trinajstić information content (AvgIpc) is 2.83. The molecule has 6 nitrogen and oxygen atoms in total. The molecule has 2 amide bonds. The van der Waals surface area contributed by atoms with Crippen LogP contribution in [0, 0.1) is 13.8 Å². The average molecular weight is 474 g/mol. The molecule has 0 fully saturated rings. The highest BCUT2D eigenvalue weighted by molar-refractivity contribution is 5.76. The summed E-state index contributed by atoms with van der Waals surface area (Å²) in [7, 11) is 1.66. The number of aryl methyl sites for hydroxylation is 2. The third-order valence-electron chi connectivity index (χ3n) is 6.56. The van der Waals surface area contributed by atoms with Gasteiger partial charge in [0.2, 0.25) is 0 Å². The molecular weight excluding hydrogens is 438 g/mol. The minimum Gasteiger partial charge on any atom is -0.493 e. The number of benzene rings is 3. The van der Waals surface area contributed by atoms with E-state index in [1.807, 2.05) is 36.1 Å². The second-order valence-electron chi connectivity index (χ2n) is 9.09. The van der Waals surface area contributed by atoms with Crippen molar-refractivity contribution in [3.05, 3.63) is 88.0 Å². The van der Waals surface area contributed by atoms with Gasteiger partial charge in [-0.2, -0.15) is 0 Å². The predicted molar refractivity (Wildman–Crippen MR) is 140 cm³/mol. The zero-order valence-electron chi connectivity index (χ0n) is 21.1. The lowest BCUT2D eigenvalue weighted by molar-refractivity contribution is 0.180. The number of nitrogens with zero attached hydrogens (tertiary/aromatic N) is 1. The van der Waals surface area contributed by atoms with E-state index in [-0.39, 0.29) is 12.1 Å². The molecule has 35 heavy (non-hydrogen) atoms. The van der Waals surface area contributed by atoms with Gasteiger partial charge in [-0.05, 0) is 79.3 Å². The maximum absolute atomic E-state index is 13.1. The molecule has 0 spiro atoms. The van der Waals surface area contributed by atoms with Crippen molar-refractivity contribution >= 4 is 11.7 Å². The highest BCUT2D eigenvalue weighted by Gasteiger charge is 2.34. The first-order valence-corrected chi connectivity index (χ1v) is 12.2. The van der Waals surface area contributed by atoms with E-state index in [0.717, 1.165) is 40.8 Å². The van der Waals surface area contributed by atoms with Gasteiger partial charge in [0, 0.05) is 25.2 Å². The summed E-state index contributed by atoms with van der Waals surface area (Å²) in [5, 5.41) is 2.99. The molecule has 1 aliphatic rings. The molecule has 0 aliphatic carbocycles. The monoisotopic (exact) mass is 473 g/mol. The van der Waals surface area contributed by atoms with Gasteiger partial charge in [-0.15, -0.1) is 0 Å². The topological polar surface area (TPSA) is 76.8 Å². The Morgan fingerprint density at radius 2 is 1.91 bits per heavy atom. The Morgan fingerprint density at radius 1 is 1.09 bits per heavy atom. The van der Waals surface area contributed by atoms with Gasteiger partial charge in [0.1, 0.15) is 0 Å².